The zero-order valence-corrected chi connectivity index (χ0v) is 14.7. The number of nitrogens with one attached hydrogen (secondary N) is 1. The first kappa shape index (κ1) is 17.1. The molecule has 3 rings (SSSR count). The van der Waals surface area contributed by atoms with E-state index in [1.54, 1.807) is 0 Å². The Balaban J connectivity index is 1.77. The van der Waals surface area contributed by atoms with Crippen molar-refractivity contribution in [3.05, 3.63) is 54.0 Å². The molecular weight excluding hydrogens is 314 g/mol. The van der Waals surface area contributed by atoms with E-state index < -0.39 is 0 Å². The van der Waals surface area contributed by atoms with Crippen molar-refractivity contribution in [2.45, 2.75) is 32.6 Å². The molecule has 3 heterocycles. The largest absolute Gasteiger partial charge is 0.339 e. The van der Waals surface area contributed by atoms with Gasteiger partial charge in [0.25, 0.3) is 0 Å². The number of aryl methyl sites for hydroxylation is 2. The fourth-order valence-electron chi connectivity index (χ4n) is 3.19. The number of aromatic nitrogens is 3. The van der Waals surface area contributed by atoms with Crippen molar-refractivity contribution in [2.75, 3.05) is 18.4 Å². The molecule has 0 spiro atoms. The maximum Gasteiger partial charge on any atom is 0.245 e. The molecule has 1 aliphatic rings. The van der Waals surface area contributed by atoms with E-state index in [9.17, 15) is 4.79 Å². The highest BCUT2D eigenvalue weighted by atomic mass is 16.2. The molecule has 0 bridgehead atoms. The standard InChI is InChI=1S/C19H23N5O/c1-4-18(25)24-10-6-7-15(12-24)16-8-5-9-17(22-16)23-19-20-13(2)11-14(3)21-19/h4-5,8-9,11,15H,1,6-7,10,12H2,2-3H3,(H,20,21,22,23)/t15-/m0/s1. The molecule has 1 aliphatic heterocycles. The highest BCUT2D eigenvalue weighted by Gasteiger charge is 2.24. The third-order valence-corrected chi connectivity index (χ3v) is 4.32. The molecule has 1 N–H and O–H groups in total. The van der Waals surface area contributed by atoms with Crippen LogP contribution in [-0.2, 0) is 4.79 Å². The Hall–Kier alpha value is -2.76. The van der Waals surface area contributed by atoms with E-state index in [-0.39, 0.29) is 11.8 Å². The average Bonchev–Trinajstić information content (AvgIpc) is 2.60. The molecular formula is C19H23N5O. The van der Waals surface area contributed by atoms with E-state index >= 15 is 0 Å². The topological polar surface area (TPSA) is 71.0 Å². The lowest BCUT2D eigenvalue weighted by Crippen LogP contribution is -2.38. The SMILES string of the molecule is C=CC(=O)N1CCC[C@H](c2cccc(Nc3nc(C)cc(C)n3)n2)C1. The molecule has 1 atom stereocenters. The molecule has 0 aliphatic carbocycles. The molecule has 6 nitrogen and oxygen atoms in total. The Morgan fingerprint density at radius 1 is 1.28 bits per heavy atom. The van der Waals surface area contributed by atoms with Gasteiger partial charge in [0, 0.05) is 36.1 Å². The van der Waals surface area contributed by atoms with Gasteiger partial charge in [0.1, 0.15) is 5.82 Å². The van der Waals surface area contributed by atoms with Crippen LogP contribution in [0.1, 0.15) is 35.8 Å². The highest BCUT2D eigenvalue weighted by molar-refractivity contribution is 5.87. The predicted molar refractivity (Wildman–Crippen MR) is 97.8 cm³/mol. The molecule has 1 fully saturated rings. The number of rotatable bonds is 4. The summed E-state index contributed by atoms with van der Waals surface area (Å²) < 4.78 is 0. The molecule has 0 saturated carbocycles. The van der Waals surface area contributed by atoms with Crippen LogP contribution in [0.15, 0.2) is 36.9 Å². The number of carbonyl (C=O) groups excluding carboxylic acids is 1. The van der Waals surface area contributed by atoms with E-state index in [0.29, 0.717) is 12.5 Å². The summed E-state index contributed by atoms with van der Waals surface area (Å²) in [4.78, 5) is 27.2. The molecule has 130 valence electrons. The van der Waals surface area contributed by atoms with E-state index in [1.165, 1.54) is 6.08 Å². The first-order chi connectivity index (χ1) is 12.0. The van der Waals surface area contributed by atoms with Gasteiger partial charge in [0.15, 0.2) is 0 Å². The summed E-state index contributed by atoms with van der Waals surface area (Å²) in [5, 5.41) is 3.18. The normalized spacial score (nSPS) is 17.2. The van der Waals surface area contributed by atoms with Gasteiger partial charge in [0.2, 0.25) is 11.9 Å². The van der Waals surface area contributed by atoms with Crippen molar-refractivity contribution < 1.29 is 4.79 Å². The first-order valence-corrected chi connectivity index (χ1v) is 8.53. The third-order valence-electron chi connectivity index (χ3n) is 4.32. The van der Waals surface area contributed by atoms with Crippen LogP contribution in [0.5, 0.6) is 0 Å². The number of piperidine rings is 1. The molecule has 1 amide bonds. The van der Waals surface area contributed by atoms with Crippen molar-refractivity contribution >= 4 is 17.7 Å². The molecule has 2 aromatic heterocycles. The number of nitrogens with zero attached hydrogens (tertiary/aromatic N) is 4. The van der Waals surface area contributed by atoms with Gasteiger partial charge in [-0.25, -0.2) is 15.0 Å². The van der Waals surface area contributed by atoms with Gasteiger partial charge >= 0.3 is 0 Å². The Morgan fingerprint density at radius 2 is 2.04 bits per heavy atom. The van der Waals surface area contributed by atoms with Crippen LogP contribution in [0.25, 0.3) is 0 Å². The summed E-state index contributed by atoms with van der Waals surface area (Å²) in [5.74, 6) is 1.49. The molecule has 0 unspecified atom stereocenters. The molecule has 0 radical (unpaired) electrons. The zero-order chi connectivity index (χ0) is 17.8. The number of carbonyl (C=O) groups is 1. The Kier molecular flexibility index (Phi) is 5.07. The number of hydrogen-bond donors (Lipinski definition) is 1. The lowest BCUT2D eigenvalue weighted by atomic mass is 9.94. The van der Waals surface area contributed by atoms with Crippen molar-refractivity contribution in [3.8, 4) is 0 Å². The van der Waals surface area contributed by atoms with Gasteiger partial charge in [-0.2, -0.15) is 0 Å². The molecule has 25 heavy (non-hydrogen) atoms. The van der Waals surface area contributed by atoms with Crippen LogP contribution < -0.4 is 5.32 Å². The van der Waals surface area contributed by atoms with Crippen LogP contribution in [0.2, 0.25) is 0 Å². The number of pyridine rings is 1. The van der Waals surface area contributed by atoms with E-state index in [4.69, 9.17) is 4.98 Å². The fraction of sp³-hybridized carbons (Fsp3) is 0.368. The van der Waals surface area contributed by atoms with Gasteiger partial charge < -0.3 is 10.2 Å². The molecule has 2 aromatic rings. The summed E-state index contributed by atoms with van der Waals surface area (Å²) in [7, 11) is 0. The van der Waals surface area contributed by atoms with Crippen LogP contribution in [0.4, 0.5) is 11.8 Å². The minimum Gasteiger partial charge on any atom is -0.339 e. The van der Waals surface area contributed by atoms with Crippen molar-refractivity contribution in [2.24, 2.45) is 0 Å². The molecule has 0 aromatic carbocycles. The summed E-state index contributed by atoms with van der Waals surface area (Å²) >= 11 is 0. The smallest absolute Gasteiger partial charge is 0.245 e. The quantitative estimate of drug-likeness (QED) is 0.868. The van der Waals surface area contributed by atoms with Gasteiger partial charge in [-0.05, 0) is 51.0 Å². The number of amides is 1. The second-order valence-electron chi connectivity index (χ2n) is 6.37. The van der Waals surface area contributed by atoms with Gasteiger partial charge in [-0.3, -0.25) is 4.79 Å². The summed E-state index contributed by atoms with van der Waals surface area (Å²) in [5.41, 5.74) is 2.81. The first-order valence-electron chi connectivity index (χ1n) is 8.53. The Bertz CT molecular complexity index is 769. The fourth-order valence-corrected chi connectivity index (χ4v) is 3.19. The second-order valence-corrected chi connectivity index (χ2v) is 6.37. The Labute approximate surface area is 148 Å². The minimum absolute atomic E-state index is 0.0115. The highest BCUT2D eigenvalue weighted by Crippen LogP contribution is 2.27. The van der Waals surface area contributed by atoms with Gasteiger partial charge in [0.05, 0.1) is 0 Å². The van der Waals surface area contributed by atoms with Crippen molar-refractivity contribution in [3.63, 3.8) is 0 Å². The van der Waals surface area contributed by atoms with E-state index in [0.717, 1.165) is 42.3 Å². The van der Waals surface area contributed by atoms with Crippen molar-refractivity contribution in [1.29, 1.82) is 0 Å². The van der Waals surface area contributed by atoms with Crippen LogP contribution in [0.3, 0.4) is 0 Å². The monoisotopic (exact) mass is 337 g/mol. The Morgan fingerprint density at radius 3 is 2.76 bits per heavy atom. The average molecular weight is 337 g/mol. The molecule has 1 saturated heterocycles. The van der Waals surface area contributed by atoms with E-state index in [2.05, 4.69) is 21.9 Å². The van der Waals surface area contributed by atoms with Gasteiger partial charge in [-0.1, -0.05) is 12.6 Å². The summed E-state index contributed by atoms with van der Waals surface area (Å²) in [6.45, 7) is 8.93. The maximum atomic E-state index is 11.9. The second kappa shape index (κ2) is 7.42. The van der Waals surface area contributed by atoms with Crippen LogP contribution in [-0.4, -0.2) is 38.8 Å². The lowest BCUT2D eigenvalue weighted by Gasteiger charge is -2.31. The zero-order valence-electron chi connectivity index (χ0n) is 14.7. The maximum absolute atomic E-state index is 11.9. The van der Waals surface area contributed by atoms with E-state index in [1.807, 2.05) is 43.0 Å². The third kappa shape index (κ3) is 4.21. The number of likely N-dealkylation sites (tertiary alicyclic amines) is 1. The summed E-state index contributed by atoms with van der Waals surface area (Å²) in [6.07, 6.45) is 3.38. The number of anilines is 2. The number of hydrogen-bond acceptors (Lipinski definition) is 5. The summed E-state index contributed by atoms with van der Waals surface area (Å²) in [6, 6.07) is 7.82. The van der Waals surface area contributed by atoms with Crippen LogP contribution in [0, 0.1) is 13.8 Å². The lowest BCUT2D eigenvalue weighted by molar-refractivity contribution is -0.127. The minimum atomic E-state index is -0.0115. The van der Waals surface area contributed by atoms with Crippen molar-refractivity contribution in [1.82, 2.24) is 19.9 Å². The predicted octanol–water partition coefficient (Wildman–Crippen LogP) is 3.12. The van der Waals surface area contributed by atoms with Gasteiger partial charge in [-0.15, -0.1) is 0 Å². The molecule has 6 heteroatoms. The van der Waals surface area contributed by atoms with Crippen LogP contribution >= 0.6 is 0 Å².